The van der Waals surface area contributed by atoms with Crippen LogP contribution in [0, 0.1) is 11.3 Å². The van der Waals surface area contributed by atoms with Gasteiger partial charge < -0.3 is 24.8 Å². The van der Waals surface area contributed by atoms with Crippen LogP contribution in [0.15, 0.2) is 54.7 Å². The van der Waals surface area contributed by atoms with Crippen LogP contribution in [-0.4, -0.2) is 73.9 Å². The van der Waals surface area contributed by atoms with Gasteiger partial charge in [0.25, 0.3) is 0 Å². The van der Waals surface area contributed by atoms with Crippen molar-refractivity contribution < 1.29 is 4.74 Å². The van der Waals surface area contributed by atoms with Crippen molar-refractivity contribution in [1.29, 1.82) is 5.26 Å². The van der Waals surface area contributed by atoms with E-state index in [9.17, 15) is 5.26 Å². The van der Waals surface area contributed by atoms with Gasteiger partial charge in [0.05, 0.1) is 30.5 Å². The summed E-state index contributed by atoms with van der Waals surface area (Å²) in [6, 6.07) is 18.5. The van der Waals surface area contributed by atoms with E-state index in [0.29, 0.717) is 11.5 Å². The normalized spacial score (nSPS) is 16.7. The SMILES string of the molecule is CCN1CCN(c2cc(C#N)cc(-c3ccnc(Nc4ccc(N5CCOCC5)cc4)n3)c2)CC1. The smallest absolute Gasteiger partial charge is 0.227 e. The van der Waals surface area contributed by atoms with Gasteiger partial charge in [0.15, 0.2) is 0 Å². The molecule has 1 N–H and O–H groups in total. The maximum atomic E-state index is 9.65. The lowest BCUT2D eigenvalue weighted by atomic mass is 10.1. The Morgan fingerprint density at radius 2 is 1.66 bits per heavy atom. The predicted octanol–water partition coefficient (Wildman–Crippen LogP) is 3.74. The van der Waals surface area contributed by atoms with Crippen LogP contribution < -0.4 is 15.1 Å². The highest BCUT2D eigenvalue weighted by atomic mass is 16.5. The molecule has 180 valence electrons. The van der Waals surface area contributed by atoms with Crippen LogP contribution >= 0.6 is 0 Å². The third-order valence-electron chi connectivity index (χ3n) is 6.68. The molecule has 2 saturated heterocycles. The molecule has 2 fully saturated rings. The number of hydrogen-bond acceptors (Lipinski definition) is 8. The number of ether oxygens (including phenoxy) is 1. The largest absolute Gasteiger partial charge is 0.378 e. The molecule has 3 heterocycles. The molecule has 0 spiro atoms. The lowest BCUT2D eigenvalue weighted by Crippen LogP contribution is -2.46. The molecule has 8 nitrogen and oxygen atoms in total. The van der Waals surface area contributed by atoms with E-state index in [1.165, 1.54) is 5.69 Å². The maximum Gasteiger partial charge on any atom is 0.227 e. The van der Waals surface area contributed by atoms with Gasteiger partial charge in [0.2, 0.25) is 5.95 Å². The van der Waals surface area contributed by atoms with Gasteiger partial charge in [-0.3, -0.25) is 0 Å². The van der Waals surface area contributed by atoms with Gasteiger partial charge in [-0.1, -0.05) is 6.92 Å². The van der Waals surface area contributed by atoms with Gasteiger partial charge in [-0.15, -0.1) is 0 Å². The molecule has 0 bridgehead atoms. The average molecular weight is 470 g/mol. The zero-order chi connectivity index (χ0) is 24.0. The van der Waals surface area contributed by atoms with Gasteiger partial charge in [0, 0.05) is 68.1 Å². The fourth-order valence-electron chi connectivity index (χ4n) is 4.61. The molecule has 0 radical (unpaired) electrons. The Hall–Kier alpha value is -3.67. The minimum absolute atomic E-state index is 0.530. The van der Waals surface area contributed by atoms with Crippen molar-refractivity contribution in [3.8, 4) is 17.3 Å². The Kier molecular flexibility index (Phi) is 7.07. The second-order valence-electron chi connectivity index (χ2n) is 8.84. The third kappa shape index (κ3) is 5.53. The number of nitrogens with one attached hydrogen (secondary N) is 1. The van der Waals surface area contributed by atoms with Gasteiger partial charge in [-0.25, -0.2) is 9.97 Å². The Bertz CT molecular complexity index is 1180. The molecule has 0 aliphatic carbocycles. The molecule has 0 unspecified atom stereocenters. The number of aromatic nitrogens is 2. The molecule has 2 aromatic carbocycles. The van der Waals surface area contributed by atoms with Crippen molar-refractivity contribution in [3.05, 3.63) is 60.3 Å². The van der Waals surface area contributed by atoms with Crippen LogP contribution in [0.3, 0.4) is 0 Å². The third-order valence-corrected chi connectivity index (χ3v) is 6.68. The molecule has 0 amide bonds. The summed E-state index contributed by atoms with van der Waals surface area (Å²) in [4.78, 5) is 16.3. The van der Waals surface area contributed by atoms with Crippen LogP contribution in [0.5, 0.6) is 0 Å². The summed E-state index contributed by atoms with van der Waals surface area (Å²) in [5.74, 6) is 0.530. The fraction of sp³-hybridized carbons (Fsp3) is 0.370. The zero-order valence-corrected chi connectivity index (χ0v) is 20.2. The number of morpholine rings is 1. The van der Waals surface area contributed by atoms with E-state index < -0.39 is 0 Å². The van der Waals surface area contributed by atoms with E-state index in [0.717, 1.165) is 81.7 Å². The second-order valence-corrected chi connectivity index (χ2v) is 8.84. The summed E-state index contributed by atoms with van der Waals surface area (Å²) in [5.41, 5.74) is 5.54. The molecule has 3 aromatic rings. The molecule has 35 heavy (non-hydrogen) atoms. The van der Waals surface area contributed by atoms with E-state index in [4.69, 9.17) is 9.72 Å². The molecule has 0 saturated carbocycles. The van der Waals surface area contributed by atoms with Crippen molar-refractivity contribution in [1.82, 2.24) is 14.9 Å². The minimum atomic E-state index is 0.530. The summed E-state index contributed by atoms with van der Waals surface area (Å²) in [6.07, 6.45) is 1.76. The van der Waals surface area contributed by atoms with Gasteiger partial charge >= 0.3 is 0 Å². The number of nitrogens with zero attached hydrogens (tertiary/aromatic N) is 6. The summed E-state index contributed by atoms with van der Waals surface area (Å²) in [5, 5.41) is 13.0. The van der Waals surface area contributed by atoms with E-state index in [1.54, 1.807) is 6.20 Å². The summed E-state index contributed by atoms with van der Waals surface area (Å²) < 4.78 is 5.44. The van der Waals surface area contributed by atoms with Crippen LogP contribution in [0.1, 0.15) is 12.5 Å². The van der Waals surface area contributed by atoms with E-state index in [2.05, 4.69) is 56.2 Å². The van der Waals surface area contributed by atoms with E-state index in [-0.39, 0.29) is 0 Å². The van der Waals surface area contributed by atoms with Crippen molar-refractivity contribution in [3.63, 3.8) is 0 Å². The Morgan fingerprint density at radius 1 is 0.914 bits per heavy atom. The molecule has 2 aliphatic rings. The van der Waals surface area contributed by atoms with Gasteiger partial charge in [-0.05, 0) is 55.1 Å². The summed E-state index contributed by atoms with van der Waals surface area (Å²) in [6.45, 7) is 10.6. The van der Waals surface area contributed by atoms with Crippen molar-refractivity contribution in [2.75, 3.05) is 74.1 Å². The molecule has 2 aliphatic heterocycles. The van der Waals surface area contributed by atoms with Crippen LogP contribution in [0.4, 0.5) is 23.0 Å². The molecule has 0 atom stereocenters. The number of hydrogen-bond donors (Lipinski definition) is 1. The summed E-state index contributed by atoms with van der Waals surface area (Å²) >= 11 is 0. The Morgan fingerprint density at radius 3 is 2.37 bits per heavy atom. The first-order valence-corrected chi connectivity index (χ1v) is 12.3. The molecular weight excluding hydrogens is 438 g/mol. The van der Waals surface area contributed by atoms with Crippen molar-refractivity contribution in [2.45, 2.75) is 6.92 Å². The molecule has 5 rings (SSSR count). The highest BCUT2D eigenvalue weighted by Crippen LogP contribution is 2.28. The number of nitriles is 1. The van der Waals surface area contributed by atoms with Crippen LogP contribution in [0.2, 0.25) is 0 Å². The fourth-order valence-corrected chi connectivity index (χ4v) is 4.61. The number of rotatable bonds is 6. The zero-order valence-electron chi connectivity index (χ0n) is 20.2. The lowest BCUT2D eigenvalue weighted by Gasteiger charge is -2.35. The lowest BCUT2D eigenvalue weighted by molar-refractivity contribution is 0.122. The number of likely N-dealkylation sites (N-methyl/N-ethyl adjacent to an activating group) is 1. The molecule has 8 heteroatoms. The predicted molar refractivity (Wildman–Crippen MR) is 139 cm³/mol. The standard InChI is InChI=1S/C27H31N7O/c1-2-32-9-11-33(12-10-32)25-18-21(20-28)17-22(19-25)26-7-8-29-27(31-26)30-23-3-5-24(6-4-23)34-13-15-35-16-14-34/h3-8,17-19H,2,9-16H2,1H3,(H,29,30,31). The molecule has 1 aromatic heterocycles. The number of piperazine rings is 1. The molecular formula is C27H31N7O. The first kappa shape index (κ1) is 23.1. The highest BCUT2D eigenvalue weighted by Gasteiger charge is 2.18. The van der Waals surface area contributed by atoms with Crippen LogP contribution in [0.25, 0.3) is 11.3 Å². The number of benzene rings is 2. The average Bonchev–Trinajstić information content (AvgIpc) is 2.94. The monoisotopic (exact) mass is 469 g/mol. The highest BCUT2D eigenvalue weighted by molar-refractivity contribution is 5.70. The minimum Gasteiger partial charge on any atom is -0.378 e. The van der Waals surface area contributed by atoms with Crippen LogP contribution in [-0.2, 0) is 4.74 Å². The maximum absolute atomic E-state index is 9.65. The van der Waals surface area contributed by atoms with Gasteiger partial charge in [-0.2, -0.15) is 5.26 Å². The first-order chi connectivity index (χ1) is 17.2. The van der Waals surface area contributed by atoms with Crippen molar-refractivity contribution in [2.24, 2.45) is 0 Å². The summed E-state index contributed by atoms with van der Waals surface area (Å²) in [7, 11) is 0. The quantitative estimate of drug-likeness (QED) is 0.585. The van der Waals surface area contributed by atoms with Crippen molar-refractivity contribution >= 4 is 23.0 Å². The number of anilines is 4. The topological polar surface area (TPSA) is 80.5 Å². The van der Waals surface area contributed by atoms with Gasteiger partial charge in [0.1, 0.15) is 0 Å². The van der Waals surface area contributed by atoms with E-state index in [1.807, 2.05) is 30.3 Å². The second kappa shape index (κ2) is 10.7. The Balaban J connectivity index is 1.33. The first-order valence-electron chi connectivity index (χ1n) is 12.3. The van der Waals surface area contributed by atoms with E-state index >= 15 is 0 Å². The Labute approximate surface area is 206 Å².